The zero-order valence-corrected chi connectivity index (χ0v) is 9.28. The average molecular weight is 219 g/mol. The molecule has 0 atom stereocenters. The molecule has 1 saturated carbocycles. The molecule has 1 aromatic rings. The molecule has 0 spiro atoms. The predicted molar refractivity (Wildman–Crippen MR) is 63.9 cm³/mol. The van der Waals surface area contributed by atoms with Gasteiger partial charge in [0.05, 0.1) is 5.56 Å². The molecule has 0 saturated heterocycles. The second-order valence-electron chi connectivity index (χ2n) is 4.36. The van der Waals surface area contributed by atoms with Crippen molar-refractivity contribution in [3.05, 3.63) is 29.8 Å². The van der Waals surface area contributed by atoms with Crippen molar-refractivity contribution in [3.63, 3.8) is 0 Å². The van der Waals surface area contributed by atoms with Crippen LogP contribution in [-0.4, -0.2) is 17.1 Å². The molecule has 3 nitrogen and oxygen atoms in total. The summed E-state index contributed by atoms with van der Waals surface area (Å²) in [6, 6.07) is 7.54. The molecular formula is C13H17NO2. The third-order valence-electron chi connectivity index (χ3n) is 3.11. The Morgan fingerprint density at radius 3 is 2.31 bits per heavy atom. The second-order valence-corrected chi connectivity index (χ2v) is 4.36. The first-order valence-corrected chi connectivity index (χ1v) is 5.85. The van der Waals surface area contributed by atoms with Crippen molar-refractivity contribution in [1.82, 2.24) is 0 Å². The summed E-state index contributed by atoms with van der Waals surface area (Å²) in [6.45, 7) is 0. The predicted octanol–water partition coefficient (Wildman–Crippen LogP) is 3.13. The molecule has 1 aliphatic carbocycles. The van der Waals surface area contributed by atoms with E-state index in [2.05, 4.69) is 5.32 Å². The van der Waals surface area contributed by atoms with Crippen LogP contribution in [0.3, 0.4) is 0 Å². The van der Waals surface area contributed by atoms with Gasteiger partial charge in [0, 0.05) is 11.7 Å². The number of hydrogen-bond donors (Lipinski definition) is 2. The van der Waals surface area contributed by atoms with Gasteiger partial charge in [0.2, 0.25) is 0 Å². The molecule has 0 aromatic heterocycles. The second kappa shape index (κ2) is 5.01. The first-order valence-electron chi connectivity index (χ1n) is 5.85. The Balaban J connectivity index is 1.96. The number of aromatic carboxylic acids is 1. The van der Waals surface area contributed by atoms with Gasteiger partial charge in [-0.1, -0.05) is 19.3 Å². The highest BCUT2D eigenvalue weighted by Gasteiger charge is 2.12. The van der Waals surface area contributed by atoms with Gasteiger partial charge in [-0.05, 0) is 37.1 Å². The van der Waals surface area contributed by atoms with E-state index in [1.54, 1.807) is 12.1 Å². The van der Waals surface area contributed by atoms with Crippen LogP contribution in [0.2, 0.25) is 0 Å². The van der Waals surface area contributed by atoms with Crippen molar-refractivity contribution in [3.8, 4) is 0 Å². The lowest BCUT2D eigenvalue weighted by Gasteiger charge is -2.23. The first-order chi connectivity index (χ1) is 7.75. The highest BCUT2D eigenvalue weighted by molar-refractivity contribution is 5.87. The molecule has 0 radical (unpaired) electrons. The third-order valence-corrected chi connectivity index (χ3v) is 3.11. The average Bonchev–Trinajstić information content (AvgIpc) is 2.31. The van der Waals surface area contributed by atoms with Gasteiger partial charge >= 0.3 is 5.97 Å². The Morgan fingerprint density at radius 2 is 1.75 bits per heavy atom. The fourth-order valence-corrected chi connectivity index (χ4v) is 2.19. The van der Waals surface area contributed by atoms with Crippen LogP contribution in [0.25, 0.3) is 0 Å². The van der Waals surface area contributed by atoms with E-state index in [0.717, 1.165) is 5.69 Å². The minimum absolute atomic E-state index is 0.342. The summed E-state index contributed by atoms with van der Waals surface area (Å²) in [5.74, 6) is -0.871. The van der Waals surface area contributed by atoms with E-state index >= 15 is 0 Å². The Hall–Kier alpha value is -1.51. The summed E-state index contributed by atoms with van der Waals surface area (Å²) < 4.78 is 0. The normalized spacial score (nSPS) is 17.0. The van der Waals surface area contributed by atoms with Crippen LogP contribution in [0.5, 0.6) is 0 Å². The van der Waals surface area contributed by atoms with Crippen molar-refractivity contribution in [1.29, 1.82) is 0 Å². The number of hydrogen-bond acceptors (Lipinski definition) is 2. The van der Waals surface area contributed by atoms with Crippen LogP contribution >= 0.6 is 0 Å². The van der Waals surface area contributed by atoms with E-state index in [1.807, 2.05) is 12.1 Å². The van der Waals surface area contributed by atoms with E-state index in [0.29, 0.717) is 11.6 Å². The fraction of sp³-hybridized carbons (Fsp3) is 0.462. The lowest BCUT2D eigenvalue weighted by atomic mass is 9.95. The fourth-order valence-electron chi connectivity index (χ4n) is 2.19. The SMILES string of the molecule is O=C(O)c1ccc(NC2CCCCC2)cc1. The van der Waals surface area contributed by atoms with Crippen LogP contribution in [0.1, 0.15) is 42.5 Å². The van der Waals surface area contributed by atoms with Crippen LogP contribution < -0.4 is 5.32 Å². The van der Waals surface area contributed by atoms with E-state index in [-0.39, 0.29) is 0 Å². The first kappa shape index (κ1) is 11.0. The summed E-state index contributed by atoms with van der Waals surface area (Å²) >= 11 is 0. The van der Waals surface area contributed by atoms with Crippen LogP contribution in [0, 0.1) is 0 Å². The molecule has 0 unspecified atom stereocenters. The molecule has 0 bridgehead atoms. The quantitative estimate of drug-likeness (QED) is 0.821. The van der Waals surface area contributed by atoms with E-state index in [4.69, 9.17) is 5.11 Å². The smallest absolute Gasteiger partial charge is 0.335 e. The number of anilines is 1. The Labute approximate surface area is 95.5 Å². The van der Waals surface area contributed by atoms with E-state index < -0.39 is 5.97 Å². The number of carbonyl (C=O) groups is 1. The van der Waals surface area contributed by atoms with E-state index in [1.165, 1.54) is 32.1 Å². The molecule has 3 heteroatoms. The minimum atomic E-state index is -0.871. The number of rotatable bonds is 3. The molecule has 0 heterocycles. The zero-order valence-electron chi connectivity index (χ0n) is 9.28. The van der Waals surface area contributed by atoms with Crippen molar-refractivity contribution in [2.24, 2.45) is 0 Å². The summed E-state index contributed by atoms with van der Waals surface area (Å²) in [7, 11) is 0. The van der Waals surface area contributed by atoms with Crippen LogP contribution in [-0.2, 0) is 0 Å². The van der Waals surface area contributed by atoms with Crippen molar-refractivity contribution in [2.45, 2.75) is 38.1 Å². The molecule has 86 valence electrons. The van der Waals surface area contributed by atoms with Crippen molar-refractivity contribution >= 4 is 11.7 Å². The zero-order chi connectivity index (χ0) is 11.4. The number of carboxylic acid groups (broad SMARTS) is 1. The van der Waals surface area contributed by atoms with E-state index in [9.17, 15) is 4.79 Å². The van der Waals surface area contributed by atoms with Crippen molar-refractivity contribution < 1.29 is 9.90 Å². The van der Waals surface area contributed by atoms with Crippen LogP contribution in [0.15, 0.2) is 24.3 Å². The third kappa shape index (κ3) is 2.75. The molecule has 0 amide bonds. The molecule has 1 fully saturated rings. The summed E-state index contributed by atoms with van der Waals surface area (Å²) in [6.07, 6.45) is 6.38. The molecular weight excluding hydrogens is 202 g/mol. The van der Waals surface area contributed by atoms with Crippen LogP contribution in [0.4, 0.5) is 5.69 Å². The molecule has 2 rings (SSSR count). The lowest BCUT2D eigenvalue weighted by molar-refractivity contribution is 0.0697. The molecule has 1 aliphatic rings. The topological polar surface area (TPSA) is 49.3 Å². The maximum atomic E-state index is 10.7. The summed E-state index contributed by atoms with van der Waals surface area (Å²) in [5.41, 5.74) is 1.37. The largest absolute Gasteiger partial charge is 0.478 e. The maximum Gasteiger partial charge on any atom is 0.335 e. The van der Waals surface area contributed by atoms with Gasteiger partial charge < -0.3 is 10.4 Å². The summed E-state index contributed by atoms with van der Waals surface area (Å²) in [5, 5.41) is 12.2. The molecule has 16 heavy (non-hydrogen) atoms. The van der Waals surface area contributed by atoms with Gasteiger partial charge in [-0.2, -0.15) is 0 Å². The molecule has 0 aliphatic heterocycles. The highest BCUT2D eigenvalue weighted by atomic mass is 16.4. The Bertz CT molecular complexity index is 353. The molecule has 1 aromatic carbocycles. The van der Waals surface area contributed by atoms with Gasteiger partial charge in [0.1, 0.15) is 0 Å². The lowest BCUT2D eigenvalue weighted by Crippen LogP contribution is -2.22. The summed E-state index contributed by atoms with van der Waals surface area (Å²) in [4.78, 5) is 10.7. The van der Waals surface area contributed by atoms with Gasteiger partial charge in [-0.25, -0.2) is 4.79 Å². The highest BCUT2D eigenvalue weighted by Crippen LogP contribution is 2.21. The standard InChI is InChI=1S/C13H17NO2/c15-13(16)10-6-8-12(9-7-10)14-11-4-2-1-3-5-11/h6-9,11,14H,1-5H2,(H,15,16). The number of carboxylic acids is 1. The van der Waals surface area contributed by atoms with Gasteiger partial charge in [-0.15, -0.1) is 0 Å². The van der Waals surface area contributed by atoms with Crippen molar-refractivity contribution in [2.75, 3.05) is 5.32 Å². The maximum absolute atomic E-state index is 10.7. The van der Waals surface area contributed by atoms with Gasteiger partial charge in [0.15, 0.2) is 0 Å². The number of benzene rings is 1. The van der Waals surface area contributed by atoms with Gasteiger partial charge in [-0.3, -0.25) is 0 Å². The monoisotopic (exact) mass is 219 g/mol. The Kier molecular flexibility index (Phi) is 3.44. The Morgan fingerprint density at radius 1 is 1.12 bits per heavy atom. The molecule has 2 N–H and O–H groups in total. The number of nitrogens with one attached hydrogen (secondary N) is 1. The minimum Gasteiger partial charge on any atom is -0.478 e. The van der Waals surface area contributed by atoms with Gasteiger partial charge in [0.25, 0.3) is 0 Å².